The Morgan fingerprint density at radius 1 is 1.14 bits per heavy atom. The number of nitrogens with two attached hydrogens (primary N) is 1. The van der Waals surface area contributed by atoms with E-state index in [1.54, 1.807) is 31.4 Å². The molecule has 0 aliphatic carbocycles. The van der Waals surface area contributed by atoms with Gasteiger partial charge in [0.05, 0.1) is 25.8 Å². The Morgan fingerprint density at radius 2 is 1.89 bits per heavy atom. The summed E-state index contributed by atoms with van der Waals surface area (Å²) < 4.78 is 10.4. The van der Waals surface area contributed by atoms with Crippen LogP contribution in [0.4, 0.5) is 10.5 Å². The lowest BCUT2D eigenvalue weighted by Crippen LogP contribution is -2.27. The first-order valence-corrected chi connectivity index (χ1v) is 11.8. The third-order valence-corrected chi connectivity index (χ3v) is 5.55. The smallest absolute Gasteiger partial charge is 0.435 e. The predicted octanol–water partition coefficient (Wildman–Crippen LogP) is 4.04. The van der Waals surface area contributed by atoms with Crippen molar-refractivity contribution in [3.8, 4) is 17.6 Å². The number of rotatable bonds is 8. The Balaban J connectivity index is 1.54. The van der Waals surface area contributed by atoms with E-state index in [0.717, 1.165) is 50.0 Å². The fraction of sp³-hybridized carbons (Fsp3) is 0.370. The van der Waals surface area contributed by atoms with Crippen LogP contribution in [0.5, 0.6) is 5.75 Å². The third kappa shape index (κ3) is 7.51. The molecular weight excluding hydrogens is 444 g/mol. The number of carbonyl (C=O) groups is 2. The Morgan fingerprint density at radius 3 is 2.57 bits per heavy atom. The van der Waals surface area contributed by atoms with Crippen LogP contribution in [0.15, 0.2) is 47.5 Å². The standard InChI is InChI=1S/C27H32N4O4/c1-3-4-18-35-27(33)30-25(28)21-10-12-22(13-11-21)29-15-7-8-20-9-14-23(24(19-20)34-2)26(32)31-16-5-6-17-31/h9-14,19,29H,3-6,15-18H2,1-2H3,(H2,28,30,33). The van der Waals surface area contributed by atoms with Gasteiger partial charge in [0.1, 0.15) is 11.6 Å². The lowest BCUT2D eigenvalue weighted by atomic mass is 10.1. The molecule has 2 amide bonds. The van der Waals surface area contributed by atoms with Gasteiger partial charge in [0.25, 0.3) is 5.91 Å². The zero-order valence-electron chi connectivity index (χ0n) is 20.3. The van der Waals surface area contributed by atoms with E-state index in [9.17, 15) is 9.59 Å². The first-order chi connectivity index (χ1) is 17.0. The minimum Gasteiger partial charge on any atom is -0.496 e. The summed E-state index contributed by atoms with van der Waals surface area (Å²) in [5.74, 6) is 6.81. The van der Waals surface area contributed by atoms with Gasteiger partial charge < -0.3 is 25.4 Å². The molecule has 0 aromatic heterocycles. The summed E-state index contributed by atoms with van der Waals surface area (Å²) >= 11 is 0. The number of hydrogen-bond donors (Lipinski definition) is 2. The van der Waals surface area contributed by atoms with Crippen molar-refractivity contribution < 1.29 is 19.1 Å². The molecule has 35 heavy (non-hydrogen) atoms. The first kappa shape index (κ1) is 25.6. The van der Waals surface area contributed by atoms with Crippen molar-refractivity contribution in [3.63, 3.8) is 0 Å². The maximum atomic E-state index is 12.7. The van der Waals surface area contributed by atoms with Crippen molar-refractivity contribution in [2.75, 3.05) is 38.7 Å². The third-order valence-electron chi connectivity index (χ3n) is 5.55. The van der Waals surface area contributed by atoms with Crippen LogP contribution >= 0.6 is 0 Å². The monoisotopic (exact) mass is 476 g/mol. The molecule has 0 radical (unpaired) electrons. The van der Waals surface area contributed by atoms with Crippen LogP contribution in [-0.2, 0) is 4.74 Å². The molecule has 1 aliphatic rings. The number of aliphatic imine (C=N–C) groups is 1. The zero-order chi connectivity index (χ0) is 25.0. The van der Waals surface area contributed by atoms with Crippen LogP contribution in [0.1, 0.15) is 54.1 Å². The molecule has 2 aromatic carbocycles. The quantitative estimate of drug-likeness (QED) is 0.258. The van der Waals surface area contributed by atoms with Gasteiger partial charge in [0, 0.05) is 29.9 Å². The van der Waals surface area contributed by atoms with E-state index in [1.165, 1.54) is 0 Å². The number of carbonyl (C=O) groups excluding carboxylic acids is 2. The summed E-state index contributed by atoms with van der Waals surface area (Å²) in [5.41, 5.74) is 8.71. The maximum absolute atomic E-state index is 12.7. The van der Waals surface area contributed by atoms with Crippen LogP contribution in [-0.4, -0.2) is 56.1 Å². The van der Waals surface area contributed by atoms with Gasteiger partial charge in [0.2, 0.25) is 0 Å². The van der Waals surface area contributed by atoms with E-state index >= 15 is 0 Å². The van der Waals surface area contributed by atoms with Gasteiger partial charge in [-0.25, -0.2) is 4.79 Å². The van der Waals surface area contributed by atoms with E-state index in [1.807, 2.05) is 30.0 Å². The van der Waals surface area contributed by atoms with E-state index in [2.05, 4.69) is 22.2 Å². The Hall–Kier alpha value is -3.99. The van der Waals surface area contributed by atoms with E-state index in [0.29, 0.717) is 30.0 Å². The molecule has 3 rings (SSSR count). The van der Waals surface area contributed by atoms with Crippen molar-refractivity contribution in [2.45, 2.75) is 32.6 Å². The number of hydrogen-bond acceptors (Lipinski definition) is 5. The highest BCUT2D eigenvalue weighted by atomic mass is 16.5. The van der Waals surface area contributed by atoms with Crippen molar-refractivity contribution in [1.82, 2.24) is 4.90 Å². The van der Waals surface area contributed by atoms with Gasteiger partial charge in [-0.15, -0.1) is 0 Å². The predicted molar refractivity (Wildman–Crippen MR) is 137 cm³/mol. The SMILES string of the molecule is CCCCOC(=O)N=C(N)c1ccc(NCC#Cc2ccc(C(=O)N3CCCC3)c(OC)c2)cc1. The lowest BCUT2D eigenvalue weighted by molar-refractivity contribution is 0.0789. The Labute approximate surface area is 206 Å². The number of unbranched alkanes of at least 4 members (excludes halogenated alkanes) is 1. The van der Waals surface area contributed by atoms with Gasteiger partial charge in [-0.3, -0.25) is 4.79 Å². The van der Waals surface area contributed by atoms with Crippen molar-refractivity contribution in [3.05, 3.63) is 59.2 Å². The fourth-order valence-electron chi connectivity index (χ4n) is 3.59. The fourth-order valence-corrected chi connectivity index (χ4v) is 3.59. The average Bonchev–Trinajstić information content (AvgIpc) is 3.41. The molecule has 1 fully saturated rings. The molecule has 3 N–H and O–H groups in total. The van der Waals surface area contributed by atoms with Crippen LogP contribution in [0.3, 0.4) is 0 Å². The summed E-state index contributed by atoms with van der Waals surface area (Å²) in [7, 11) is 1.56. The van der Waals surface area contributed by atoms with Gasteiger partial charge in [-0.2, -0.15) is 4.99 Å². The molecule has 8 nitrogen and oxygen atoms in total. The molecule has 0 unspecified atom stereocenters. The minimum absolute atomic E-state index is 0.00281. The molecule has 1 aliphatic heterocycles. The number of nitrogens with one attached hydrogen (secondary N) is 1. The van der Waals surface area contributed by atoms with Crippen LogP contribution in [0.25, 0.3) is 0 Å². The van der Waals surface area contributed by atoms with Gasteiger partial charge in [-0.05, 0) is 61.7 Å². The summed E-state index contributed by atoms with van der Waals surface area (Å²) in [5, 5.41) is 3.21. The second-order valence-corrected chi connectivity index (χ2v) is 8.11. The summed E-state index contributed by atoms with van der Waals surface area (Å²) in [6.07, 6.45) is 3.14. The number of amidine groups is 1. The van der Waals surface area contributed by atoms with Gasteiger partial charge >= 0.3 is 6.09 Å². The first-order valence-electron chi connectivity index (χ1n) is 11.8. The highest BCUT2D eigenvalue weighted by Gasteiger charge is 2.22. The van der Waals surface area contributed by atoms with Crippen LogP contribution in [0, 0.1) is 11.8 Å². The summed E-state index contributed by atoms with van der Waals surface area (Å²) in [4.78, 5) is 30.0. The molecule has 184 valence electrons. The van der Waals surface area contributed by atoms with Crippen molar-refractivity contribution >= 4 is 23.5 Å². The number of ether oxygens (including phenoxy) is 2. The lowest BCUT2D eigenvalue weighted by Gasteiger charge is -2.17. The molecule has 0 atom stereocenters. The average molecular weight is 477 g/mol. The number of methoxy groups -OCH3 is 1. The molecule has 1 heterocycles. The number of amides is 2. The molecule has 2 aromatic rings. The number of anilines is 1. The summed E-state index contributed by atoms with van der Waals surface area (Å²) in [6.45, 7) is 4.36. The zero-order valence-corrected chi connectivity index (χ0v) is 20.3. The van der Waals surface area contributed by atoms with Crippen molar-refractivity contribution in [1.29, 1.82) is 0 Å². The minimum atomic E-state index is -0.682. The number of nitrogens with zero attached hydrogens (tertiary/aromatic N) is 2. The maximum Gasteiger partial charge on any atom is 0.435 e. The molecule has 0 bridgehead atoms. The number of benzene rings is 2. The second kappa shape index (κ2) is 13.0. The van der Waals surface area contributed by atoms with Gasteiger partial charge in [-0.1, -0.05) is 25.2 Å². The normalized spacial score (nSPS) is 13.1. The highest BCUT2D eigenvalue weighted by molar-refractivity contribution is 6.03. The Bertz CT molecular complexity index is 1110. The molecule has 0 spiro atoms. The van der Waals surface area contributed by atoms with Gasteiger partial charge in [0.15, 0.2) is 0 Å². The van der Waals surface area contributed by atoms with Crippen LogP contribution < -0.4 is 15.8 Å². The summed E-state index contributed by atoms with van der Waals surface area (Å²) in [6, 6.07) is 12.6. The largest absolute Gasteiger partial charge is 0.496 e. The number of likely N-dealkylation sites (tertiary alicyclic amines) is 1. The van der Waals surface area contributed by atoms with Crippen molar-refractivity contribution in [2.24, 2.45) is 10.7 Å². The van der Waals surface area contributed by atoms with E-state index in [-0.39, 0.29) is 11.7 Å². The molecular formula is C27H32N4O4. The Kier molecular flexibility index (Phi) is 9.55. The molecule has 8 heteroatoms. The molecule has 1 saturated heterocycles. The topological polar surface area (TPSA) is 106 Å². The molecule has 0 saturated carbocycles. The van der Waals surface area contributed by atoms with E-state index < -0.39 is 6.09 Å². The van der Waals surface area contributed by atoms with E-state index in [4.69, 9.17) is 15.2 Å². The van der Waals surface area contributed by atoms with Crippen LogP contribution in [0.2, 0.25) is 0 Å². The second-order valence-electron chi connectivity index (χ2n) is 8.11. The highest BCUT2D eigenvalue weighted by Crippen LogP contribution is 2.23.